The molecule has 19 heteroatoms. The summed E-state index contributed by atoms with van der Waals surface area (Å²) in [6.07, 6.45) is 61.0. The second kappa shape index (κ2) is 72.3. The van der Waals surface area contributed by atoms with Crippen molar-refractivity contribution in [2.75, 3.05) is 39.6 Å². The largest absolute Gasteiger partial charge is 0.472 e. The van der Waals surface area contributed by atoms with Gasteiger partial charge in [0.15, 0.2) is 12.2 Å². The maximum atomic E-state index is 13.1. The summed E-state index contributed by atoms with van der Waals surface area (Å²) in [5.74, 6) is 0.265. The van der Waals surface area contributed by atoms with E-state index in [9.17, 15) is 43.2 Å². The third-order valence-corrected chi connectivity index (χ3v) is 21.8. The third kappa shape index (κ3) is 73.4. The molecule has 0 fully saturated rings. The molecule has 0 aromatic rings. The Bertz CT molecular complexity index is 1960. The molecule has 0 rings (SSSR count). The molecule has 0 radical (unpaired) electrons. The maximum Gasteiger partial charge on any atom is 0.472 e. The molecular weight excluding hydrogens is 1320 g/mol. The molecule has 0 saturated heterocycles. The van der Waals surface area contributed by atoms with Gasteiger partial charge in [-0.05, 0) is 43.4 Å². The van der Waals surface area contributed by atoms with Crippen LogP contribution >= 0.6 is 15.6 Å². The van der Waals surface area contributed by atoms with Crippen LogP contribution in [0.3, 0.4) is 0 Å². The summed E-state index contributed by atoms with van der Waals surface area (Å²) in [5.41, 5.74) is 0. The van der Waals surface area contributed by atoms with E-state index in [2.05, 4.69) is 48.5 Å². The van der Waals surface area contributed by atoms with Crippen LogP contribution in [-0.4, -0.2) is 96.7 Å². The van der Waals surface area contributed by atoms with E-state index in [-0.39, 0.29) is 25.7 Å². The standard InChI is InChI=1S/C82H160O17P2/c1-8-11-12-13-14-15-16-17-18-19-27-32-37-42-51-58-66-82(87)99-78(70-93-80(85)64-57-50-45-44-46-53-60-73(4)5)72-97-101(90,91)95-68-76(83)67-94-100(88,89)96-71-77(98-81(86)65-59-52-43-38-33-28-23-21-25-30-35-40-48-55-62-75(7)10-3)69-92-79(84)63-56-49-41-36-31-26-22-20-24-29-34-39-47-54-61-74(6)9-2/h73-78,83H,8-72H2,1-7H3,(H,88,89)(H,90,91)/t74?,75?,76-,77-,78-/m1/s1. The van der Waals surface area contributed by atoms with Gasteiger partial charge in [-0.25, -0.2) is 9.13 Å². The molecule has 0 heterocycles. The maximum absolute atomic E-state index is 13.1. The number of rotatable bonds is 80. The summed E-state index contributed by atoms with van der Waals surface area (Å²) in [4.78, 5) is 73.0. The van der Waals surface area contributed by atoms with Gasteiger partial charge in [-0.2, -0.15) is 0 Å². The van der Waals surface area contributed by atoms with Gasteiger partial charge in [0.1, 0.15) is 19.3 Å². The van der Waals surface area contributed by atoms with Gasteiger partial charge in [-0.1, -0.05) is 376 Å². The molecular formula is C82H160O17P2. The van der Waals surface area contributed by atoms with Crippen molar-refractivity contribution in [3.8, 4) is 0 Å². The summed E-state index contributed by atoms with van der Waals surface area (Å²) < 4.78 is 68.7. The van der Waals surface area contributed by atoms with Crippen LogP contribution in [0.2, 0.25) is 0 Å². The Labute approximate surface area is 619 Å². The second-order valence-electron chi connectivity index (χ2n) is 30.5. The van der Waals surface area contributed by atoms with E-state index < -0.39 is 97.5 Å². The first-order valence-electron chi connectivity index (χ1n) is 42.4. The zero-order valence-electron chi connectivity index (χ0n) is 66.4. The van der Waals surface area contributed by atoms with E-state index in [0.29, 0.717) is 31.6 Å². The number of aliphatic hydroxyl groups is 1. The summed E-state index contributed by atoms with van der Waals surface area (Å²) >= 11 is 0. The number of esters is 4. The fourth-order valence-electron chi connectivity index (χ4n) is 12.6. The van der Waals surface area contributed by atoms with Gasteiger partial charge >= 0.3 is 39.5 Å². The van der Waals surface area contributed by atoms with Crippen LogP contribution in [-0.2, 0) is 65.4 Å². The number of hydrogen-bond donors (Lipinski definition) is 3. The van der Waals surface area contributed by atoms with Crippen molar-refractivity contribution in [2.45, 2.75) is 446 Å². The van der Waals surface area contributed by atoms with E-state index in [1.165, 1.54) is 231 Å². The molecule has 0 aromatic heterocycles. The van der Waals surface area contributed by atoms with E-state index in [0.717, 1.165) is 108 Å². The highest BCUT2D eigenvalue weighted by Gasteiger charge is 2.30. The molecule has 0 bridgehead atoms. The Morgan fingerprint density at radius 1 is 0.287 bits per heavy atom. The summed E-state index contributed by atoms with van der Waals surface area (Å²) in [6.45, 7) is 12.0. The van der Waals surface area contributed by atoms with Crippen LogP contribution in [0.5, 0.6) is 0 Å². The van der Waals surface area contributed by atoms with Crippen molar-refractivity contribution >= 4 is 39.5 Å². The lowest BCUT2D eigenvalue weighted by Crippen LogP contribution is -2.30. The molecule has 4 unspecified atom stereocenters. The quantitative estimate of drug-likeness (QED) is 0.0222. The number of ether oxygens (including phenoxy) is 4. The molecule has 0 aliphatic carbocycles. The lowest BCUT2D eigenvalue weighted by molar-refractivity contribution is -0.161. The van der Waals surface area contributed by atoms with Crippen molar-refractivity contribution < 1.29 is 80.2 Å². The Morgan fingerprint density at radius 2 is 0.505 bits per heavy atom. The fraction of sp³-hybridized carbons (Fsp3) is 0.951. The van der Waals surface area contributed by atoms with Gasteiger partial charge in [-0.3, -0.25) is 37.3 Å². The molecule has 0 spiro atoms. The molecule has 0 aliphatic rings. The molecule has 0 amide bonds. The number of phosphoric acid groups is 2. The van der Waals surface area contributed by atoms with E-state index in [4.69, 9.17) is 37.0 Å². The first kappa shape index (κ1) is 99.1. The van der Waals surface area contributed by atoms with Crippen molar-refractivity contribution in [3.05, 3.63) is 0 Å². The van der Waals surface area contributed by atoms with Crippen LogP contribution < -0.4 is 0 Å². The molecule has 0 aliphatic heterocycles. The highest BCUT2D eigenvalue weighted by atomic mass is 31.2. The Kier molecular flexibility index (Phi) is 70.9. The zero-order chi connectivity index (χ0) is 74.4. The molecule has 101 heavy (non-hydrogen) atoms. The minimum atomic E-state index is -4.96. The third-order valence-electron chi connectivity index (χ3n) is 19.9. The number of carbonyl (C=O) groups excluding carboxylic acids is 4. The molecule has 7 atom stereocenters. The first-order valence-corrected chi connectivity index (χ1v) is 45.4. The van der Waals surface area contributed by atoms with Crippen LogP contribution in [0.25, 0.3) is 0 Å². The first-order chi connectivity index (χ1) is 48.8. The normalized spacial score (nSPS) is 14.5. The average Bonchev–Trinajstić information content (AvgIpc) is 1.05. The average molecular weight is 1480 g/mol. The number of phosphoric ester groups is 2. The number of carbonyl (C=O) groups is 4. The topological polar surface area (TPSA) is 237 Å². The Hall–Kier alpha value is -1.94. The number of hydrogen-bond acceptors (Lipinski definition) is 15. The highest BCUT2D eigenvalue weighted by molar-refractivity contribution is 7.47. The van der Waals surface area contributed by atoms with Crippen molar-refractivity contribution in [1.82, 2.24) is 0 Å². The minimum absolute atomic E-state index is 0.107. The number of unbranched alkanes of at least 4 members (excludes halogenated alkanes) is 46. The monoisotopic (exact) mass is 1480 g/mol. The molecule has 0 aromatic carbocycles. The minimum Gasteiger partial charge on any atom is -0.462 e. The van der Waals surface area contributed by atoms with Crippen molar-refractivity contribution in [2.24, 2.45) is 17.8 Å². The molecule has 3 N–H and O–H groups in total. The number of aliphatic hydroxyl groups excluding tert-OH is 1. The van der Waals surface area contributed by atoms with Gasteiger partial charge in [0, 0.05) is 25.7 Å². The smallest absolute Gasteiger partial charge is 0.462 e. The molecule has 0 saturated carbocycles. The van der Waals surface area contributed by atoms with E-state index >= 15 is 0 Å². The fourth-order valence-corrected chi connectivity index (χ4v) is 14.2. The zero-order valence-corrected chi connectivity index (χ0v) is 68.2. The van der Waals surface area contributed by atoms with Gasteiger partial charge in [0.25, 0.3) is 0 Å². The summed E-state index contributed by atoms with van der Waals surface area (Å²) in [6, 6.07) is 0. The summed E-state index contributed by atoms with van der Waals surface area (Å²) in [5, 5.41) is 10.6. The van der Waals surface area contributed by atoms with Crippen molar-refractivity contribution in [1.29, 1.82) is 0 Å². The van der Waals surface area contributed by atoms with Crippen LogP contribution in [0, 0.1) is 17.8 Å². The van der Waals surface area contributed by atoms with Gasteiger partial charge < -0.3 is 33.8 Å². The lowest BCUT2D eigenvalue weighted by atomic mass is 9.99. The predicted molar refractivity (Wildman–Crippen MR) is 414 cm³/mol. The lowest BCUT2D eigenvalue weighted by Gasteiger charge is -2.21. The van der Waals surface area contributed by atoms with Crippen LogP contribution in [0.4, 0.5) is 0 Å². The van der Waals surface area contributed by atoms with E-state index in [1.807, 2.05) is 0 Å². The molecule has 600 valence electrons. The van der Waals surface area contributed by atoms with Crippen molar-refractivity contribution in [3.63, 3.8) is 0 Å². The SMILES string of the molecule is CCCCCCCCCCCCCCCCCCC(=O)O[C@H](COC(=O)CCCCCCCCC(C)C)COP(=O)(O)OC[C@H](O)COP(=O)(O)OC[C@@H](COC(=O)CCCCCCCCCCCCCCCCC(C)CC)OC(=O)CCCCCCCCCCCCCCCCC(C)CC. The Morgan fingerprint density at radius 3 is 0.752 bits per heavy atom. The Balaban J connectivity index is 5.23. The summed E-state index contributed by atoms with van der Waals surface area (Å²) in [7, 11) is -9.92. The van der Waals surface area contributed by atoms with Gasteiger partial charge in [0.05, 0.1) is 26.4 Å². The molecule has 17 nitrogen and oxygen atoms in total. The van der Waals surface area contributed by atoms with Crippen LogP contribution in [0.15, 0.2) is 0 Å². The highest BCUT2D eigenvalue weighted by Crippen LogP contribution is 2.45. The van der Waals surface area contributed by atoms with Gasteiger partial charge in [-0.15, -0.1) is 0 Å². The second-order valence-corrected chi connectivity index (χ2v) is 33.4. The van der Waals surface area contributed by atoms with Crippen LogP contribution in [0.1, 0.15) is 427 Å². The predicted octanol–water partition coefficient (Wildman–Crippen LogP) is 24.5. The van der Waals surface area contributed by atoms with Gasteiger partial charge in [0.2, 0.25) is 0 Å². The van der Waals surface area contributed by atoms with E-state index in [1.54, 1.807) is 0 Å².